The SMILES string of the molecule is O=C(O)c1cc(-c2ccc(Cl)cc2)n(Cc2ccccc2)n1. The third kappa shape index (κ3) is 3.02. The standard InChI is InChI=1S/C17H13ClN2O2/c18-14-8-6-13(7-9-14)16-10-15(17(21)22)19-20(16)11-12-4-2-1-3-5-12/h1-10H,11H2,(H,21,22). The second-order valence-electron chi connectivity index (χ2n) is 4.87. The summed E-state index contributed by atoms with van der Waals surface area (Å²) < 4.78 is 1.70. The Labute approximate surface area is 132 Å². The fourth-order valence-corrected chi connectivity index (χ4v) is 2.38. The van der Waals surface area contributed by atoms with Gasteiger partial charge in [-0.05, 0) is 29.3 Å². The highest BCUT2D eigenvalue weighted by molar-refractivity contribution is 6.30. The molecule has 0 saturated carbocycles. The van der Waals surface area contributed by atoms with Crippen molar-refractivity contribution in [3.8, 4) is 11.3 Å². The first kappa shape index (κ1) is 14.4. The molecule has 5 heteroatoms. The molecule has 0 radical (unpaired) electrons. The molecule has 1 aromatic heterocycles. The Morgan fingerprint density at radius 2 is 1.77 bits per heavy atom. The molecule has 22 heavy (non-hydrogen) atoms. The second kappa shape index (κ2) is 6.03. The number of rotatable bonds is 4. The first-order valence-electron chi connectivity index (χ1n) is 6.74. The summed E-state index contributed by atoms with van der Waals surface area (Å²) in [6, 6.07) is 18.6. The molecule has 0 aliphatic heterocycles. The molecule has 0 aliphatic rings. The Hall–Kier alpha value is -2.59. The minimum Gasteiger partial charge on any atom is -0.476 e. The first-order valence-corrected chi connectivity index (χ1v) is 7.12. The average molecular weight is 313 g/mol. The Kier molecular flexibility index (Phi) is 3.94. The number of hydrogen-bond donors (Lipinski definition) is 1. The fraction of sp³-hybridized carbons (Fsp3) is 0.0588. The van der Waals surface area contributed by atoms with Gasteiger partial charge in [-0.2, -0.15) is 5.10 Å². The van der Waals surface area contributed by atoms with Crippen LogP contribution in [0.4, 0.5) is 0 Å². The molecule has 0 fully saturated rings. The van der Waals surface area contributed by atoms with Gasteiger partial charge in [-0.25, -0.2) is 4.79 Å². The molecule has 0 saturated heterocycles. The normalized spacial score (nSPS) is 10.6. The van der Waals surface area contributed by atoms with Crippen molar-refractivity contribution in [2.45, 2.75) is 6.54 Å². The van der Waals surface area contributed by atoms with E-state index in [0.29, 0.717) is 11.6 Å². The zero-order chi connectivity index (χ0) is 15.5. The summed E-state index contributed by atoms with van der Waals surface area (Å²) in [5.74, 6) is -1.04. The molecule has 2 aromatic carbocycles. The zero-order valence-corrected chi connectivity index (χ0v) is 12.4. The van der Waals surface area contributed by atoms with E-state index in [4.69, 9.17) is 11.6 Å². The number of aromatic carboxylic acids is 1. The molecule has 0 aliphatic carbocycles. The summed E-state index contributed by atoms with van der Waals surface area (Å²) in [5, 5.41) is 14.0. The lowest BCUT2D eigenvalue weighted by molar-refractivity contribution is 0.0689. The minimum absolute atomic E-state index is 0.0286. The summed E-state index contributed by atoms with van der Waals surface area (Å²) in [6.07, 6.45) is 0. The number of aromatic nitrogens is 2. The minimum atomic E-state index is -1.04. The van der Waals surface area contributed by atoms with E-state index in [1.54, 1.807) is 22.9 Å². The van der Waals surface area contributed by atoms with Crippen molar-refractivity contribution in [2.75, 3.05) is 0 Å². The summed E-state index contributed by atoms with van der Waals surface area (Å²) in [4.78, 5) is 11.2. The smallest absolute Gasteiger partial charge is 0.356 e. The van der Waals surface area contributed by atoms with Crippen LogP contribution in [0.25, 0.3) is 11.3 Å². The van der Waals surface area contributed by atoms with Gasteiger partial charge in [0, 0.05) is 5.02 Å². The molecule has 1 N–H and O–H groups in total. The van der Waals surface area contributed by atoms with Crippen LogP contribution in [0.3, 0.4) is 0 Å². The largest absolute Gasteiger partial charge is 0.476 e. The lowest BCUT2D eigenvalue weighted by Gasteiger charge is -2.08. The van der Waals surface area contributed by atoms with E-state index in [-0.39, 0.29) is 5.69 Å². The van der Waals surface area contributed by atoms with Gasteiger partial charge < -0.3 is 5.11 Å². The highest BCUT2D eigenvalue weighted by Gasteiger charge is 2.14. The zero-order valence-electron chi connectivity index (χ0n) is 11.6. The Morgan fingerprint density at radius 1 is 1.09 bits per heavy atom. The van der Waals surface area contributed by atoms with Crippen molar-refractivity contribution in [1.29, 1.82) is 0 Å². The first-order chi connectivity index (χ1) is 10.6. The summed E-state index contributed by atoms with van der Waals surface area (Å²) >= 11 is 5.91. The van der Waals surface area contributed by atoms with Gasteiger partial charge in [0.25, 0.3) is 0 Å². The maximum atomic E-state index is 11.2. The highest BCUT2D eigenvalue weighted by atomic mass is 35.5. The van der Waals surface area contributed by atoms with Gasteiger partial charge in [0.05, 0.1) is 12.2 Å². The van der Waals surface area contributed by atoms with Gasteiger partial charge in [-0.15, -0.1) is 0 Å². The predicted molar refractivity (Wildman–Crippen MR) is 85.2 cm³/mol. The van der Waals surface area contributed by atoms with Crippen molar-refractivity contribution in [3.63, 3.8) is 0 Å². The predicted octanol–water partition coefficient (Wildman–Crippen LogP) is 3.95. The second-order valence-corrected chi connectivity index (χ2v) is 5.31. The number of carboxylic acids is 1. The number of carboxylic acid groups (broad SMARTS) is 1. The third-order valence-electron chi connectivity index (χ3n) is 3.31. The number of carbonyl (C=O) groups is 1. The van der Waals surface area contributed by atoms with Crippen LogP contribution in [0.1, 0.15) is 16.1 Å². The van der Waals surface area contributed by atoms with Crippen molar-refractivity contribution in [2.24, 2.45) is 0 Å². The van der Waals surface area contributed by atoms with Crippen molar-refractivity contribution in [3.05, 3.63) is 76.9 Å². The molecular weight excluding hydrogens is 300 g/mol. The number of hydrogen-bond acceptors (Lipinski definition) is 2. The van der Waals surface area contributed by atoms with E-state index in [9.17, 15) is 9.90 Å². The Morgan fingerprint density at radius 3 is 2.41 bits per heavy atom. The van der Waals surface area contributed by atoms with Gasteiger partial charge in [0.1, 0.15) is 0 Å². The van der Waals surface area contributed by atoms with Crippen molar-refractivity contribution < 1.29 is 9.90 Å². The quantitative estimate of drug-likeness (QED) is 0.793. The van der Waals surface area contributed by atoms with Crippen LogP contribution in [0, 0.1) is 0 Å². The molecule has 1 heterocycles. The summed E-state index contributed by atoms with van der Waals surface area (Å²) in [5.41, 5.74) is 2.71. The van der Waals surface area contributed by atoms with E-state index in [1.807, 2.05) is 42.5 Å². The molecule has 0 amide bonds. The van der Waals surface area contributed by atoms with Crippen LogP contribution in [0.5, 0.6) is 0 Å². The van der Waals surface area contributed by atoms with Crippen LogP contribution in [-0.4, -0.2) is 20.9 Å². The van der Waals surface area contributed by atoms with Crippen LogP contribution in [0.2, 0.25) is 5.02 Å². The molecule has 3 aromatic rings. The van der Waals surface area contributed by atoms with Crippen LogP contribution in [0.15, 0.2) is 60.7 Å². The Balaban J connectivity index is 2.04. The molecule has 0 atom stereocenters. The van der Waals surface area contributed by atoms with Gasteiger partial charge in [0.15, 0.2) is 5.69 Å². The topological polar surface area (TPSA) is 55.1 Å². The van der Waals surface area contributed by atoms with Crippen molar-refractivity contribution in [1.82, 2.24) is 9.78 Å². The average Bonchev–Trinajstić information content (AvgIpc) is 2.93. The van der Waals surface area contributed by atoms with E-state index >= 15 is 0 Å². The van der Waals surface area contributed by atoms with Gasteiger partial charge in [0.2, 0.25) is 0 Å². The molecule has 3 rings (SSSR count). The van der Waals surface area contributed by atoms with Gasteiger partial charge in [-0.3, -0.25) is 4.68 Å². The molecule has 4 nitrogen and oxygen atoms in total. The van der Waals surface area contributed by atoms with Crippen LogP contribution in [-0.2, 0) is 6.54 Å². The molecule has 0 spiro atoms. The van der Waals surface area contributed by atoms with Gasteiger partial charge >= 0.3 is 5.97 Å². The lowest BCUT2D eigenvalue weighted by Crippen LogP contribution is -2.05. The molecule has 0 bridgehead atoms. The molecule has 110 valence electrons. The number of halogens is 1. The summed E-state index contributed by atoms with van der Waals surface area (Å²) in [6.45, 7) is 0.506. The van der Waals surface area contributed by atoms with Crippen LogP contribution < -0.4 is 0 Å². The van der Waals surface area contributed by atoms with Crippen molar-refractivity contribution >= 4 is 17.6 Å². The molecule has 0 unspecified atom stereocenters. The maximum Gasteiger partial charge on any atom is 0.356 e. The number of nitrogens with zero attached hydrogens (tertiary/aromatic N) is 2. The van der Waals surface area contributed by atoms with Crippen LogP contribution >= 0.6 is 11.6 Å². The summed E-state index contributed by atoms with van der Waals surface area (Å²) in [7, 11) is 0. The Bertz CT molecular complexity index is 795. The van der Waals surface area contributed by atoms with E-state index < -0.39 is 5.97 Å². The number of benzene rings is 2. The fourth-order valence-electron chi connectivity index (χ4n) is 2.25. The van der Waals surface area contributed by atoms with Gasteiger partial charge in [-0.1, -0.05) is 54.1 Å². The monoisotopic (exact) mass is 312 g/mol. The highest BCUT2D eigenvalue weighted by Crippen LogP contribution is 2.23. The maximum absolute atomic E-state index is 11.2. The van der Waals surface area contributed by atoms with E-state index in [2.05, 4.69) is 5.10 Å². The van der Waals surface area contributed by atoms with E-state index in [1.165, 1.54) is 0 Å². The van der Waals surface area contributed by atoms with E-state index in [0.717, 1.165) is 16.8 Å². The third-order valence-corrected chi connectivity index (χ3v) is 3.57. The molecular formula is C17H13ClN2O2. The lowest BCUT2D eigenvalue weighted by atomic mass is 10.1.